The average Bonchev–Trinajstić information content (AvgIpc) is 2.27. The number of nitrogens with zero attached hydrogens (tertiary/aromatic N) is 1. The molecular weight excluding hydrogens is 257 g/mol. The van der Waals surface area contributed by atoms with E-state index < -0.39 is 0 Å². The molecular formula is C13H17Cl2NO. The smallest absolute Gasteiger partial charge is 0.253 e. The molecule has 94 valence electrons. The number of halogens is 2. The van der Waals surface area contributed by atoms with Crippen molar-refractivity contribution in [2.75, 3.05) is 13.1 Å². The van der Waals surface area contributed by atoms with Crippen LogP contribution in [0, 0.1) is 0 Å². The summed E-state index contributed by atoms with van der Waals surface area (Å²) in [5, 5.41) is -0.170. The number of carbonyl (C=O) groups excluding carboxylic acids is 1. The van der Waals surface area contributed by atoms with Crippen LogP contribution < -0.4 is 0 Å². The zero-order valence-electron chi connectivity index (χ0n) is 10.1. The highest BCUT2D eigenvalue weighted by Gasteiger charge is 2.18. The van der Waals surface area contributed by atoms with Crippen molar-refractivity contribution in [3.63, 3.8) is 0 Å². The highest BCUT2D eigenvalue weighted by molar-refractivity contribution is 6.21. The second-order valence-electron chi connectivity index (χ2n) is 4.14. The van der Waals surface area contributed by atoms with Crippen molar-refractivity contribution < 1.29 is 4.79 Å². The predicted molar refractivity (Wildman–Crippen MR) is 73.0 cm³/mol. The Morgan fingerprint density at radius 3 is 2.00 bits per heavy atom. The fourth-order valence-corrected chi connectivity index (χ4v) is 1.94. The molecule has 2 atom stereocenters. The molecule has 0 aliphatic rings. The maximum atomic E-state index is 12.2. The minimum Gasteiger partial charge on any atom is -0.336 e. The van der Waals surface area contributed by atoms with Crippen LogP contribution in [-0.4, -0.2) is 34.7 Å². The van der Waals surface area contributed by atoms with Crippen molar-refractivity contribution in [1.82, 2.24) is 4.90 Å². The molecule has 0 saturated carbocycles. The number of carbonyl (C=O) groups is 1. The van der Waals surface area contributed by atoms with E-state index in [0.29, 0.717) is 18.7 Å². The topological polar surface area (TPSA) is 20.3 Å². The summed E-state index contributed by atoms with van der Waals surface area (Å²) in [5.41, 5.74) is 0.669. The van der Waals surface area contributed by atoms with Gasteiger partial charge in [-0.2, -0.15) is 0 Å². The molecule has 4 heteroatoms. The lowest BCUT2D eigenvalue weighted by atomic mass is 10.2. The zero-order chi connectivity index (χ0) is 12.8. The number of hydrogen-bond donors (Lipinski definition) is 0. The summed E-state index contributed by atoms with van der Waals surface area (Å²) in [4.78, 5) is 13.9. The van der Waals surface area contributed by atoms with Gasteiger partial charge in [0.15, 0.2) is 0 Å². The lowest BCUT2D eigenvalue weighted by Gasteiger charge is -2.25. The van der Waals surface area contributed by atoms with Crippen LogP contribution in [0.4, 0.5) is 0 Å². The number of hydrogen-bond acceptors (Lipinski definition) is 1. The van der Waals surface area contributed by atoms with Gasteiger partial charge >= 0.3 is 0 Å². The van der Waals surface area contributed by atoms with Crippen LogP contribution in [0.3, 0.4) is 0 Å². The van der Waals surface area contributed by atoms with Gasteiger partial charge in [0.25, 0.3) is 5.91 Å². The van der Waals surface area contributed by atoms with E-state index >= 15 is 0 Å². The number of benzene rings is 1. The molecule has 1 aromatic rings. The number of rotatable bonds is 5. The summed E-state index contributed by atoms with van der Waals surface area (Å²) in [6.07, 6.45) is 0. The van der Waals surface area contributed by atoms with Crippen LogP contribution in [0.2, 0.25) is 0 Å². The SMILES string of the molecule is C[C@@H](Cl)CN(C[C@@H](C)Cl)C(=O)c1ccccc1. The summed E-state index contributed by atoms with van der Waals surface area (Å²) < 4.78 is 0. The van der Waals surface area contributed by atoms with Crippen LogP contribution >= 0.6 is 23.2 Å². The van der Waals surface area contributed by atoms with Gasteiger partial charge in [-0.05, 0) is 26.0 Å². The molecule has 0 aliphatic carbocycles. The van der Waals surface area contributed by atoms with Crippen LogP contribution in [0.25, 0.3) is 0 Å². The first-order valence-corrected chi connectivity index (χ1v) is 6.50. The molecule has 1 aromatic carbocycles. The maximum Gasteiger partial charge on any atom is 0.253 e. The molecule has 0 unspecified atom stereocenters. The Hall–Kier alpha value is -0.730. The van der Waals surface area contributed by atoms with Gasteiger partial charge in [-0.25, -0.2) is 0 Å². The van der Waals surface area contributed by atoms with E-state index in [9.17, 15) is 4.79 Å². The molecule has 0 spiro atoms. The van der Waals surface area contributed by atoms with E-state index in [-0.39, 0.29) is 16.7 Å². The Morgan fingerprint density at radius 1 is 1.12 bits per heavy atom. The normalized spacial score (nSPS) is 14.1. The third-order valence-electron chi connectivity index (χ3n) is 2.25. The minimum atomic E-state index is -0.0851. The Labute approximate surface area is 113 Å². The summed E-state index contributed by atoms with van der Waals surface area (Å²) in [6, 6.07) is 9.18. The molecule has 0 heterocycles. The average molecular weight is 274 g/mol. The van der Waals surface area contributed by atoms with E-state index in [4.69, 9.17) is 23.2 Å². The van der Waals surface area contributed by atoms with Crippen molar-refractivity contribution in [1.29, 1.82) is 0 Å². The molecule has 0 bridgehead atoms. The van der Waals surface area contributed by atoms with Crippen LogP contribution in [-0.2, 0) is 0 Å². The van der Waals surface area contributed by atoms with Crippen molar-refractivity contribution in [2.45, 2.75) is 24.6 Å². The highest BCUT2D eigenvalue weighted by Crippen LogP contribution is 2.10. The zero-order valence-corrected chi connectivity index (χ0v) is 11.6. The van der Waals surface area contributed by atoms with E-state index in [1.807, 2.05) is 32.0 Å². The van der Waals surface area contributed by atoms with Gasteiger partial charge in [0.1, 0.15) is 0 Å². The van der Waals surface area contributed by atoms with Gasteiger partial charge in [0, 0.05) is 29.4 Å². The van der Waals surface area contributed by atoms with Crippen molar-refractivity contribution in [3.8, 4) is 0 Å². The van der Waals surface area contributed by atoms with E-state index in [1.165, 1.54) is 0 Å². The summed E-state index contributed by atoms with van der Waals surface area (Å²) in [7, 11) is 0. The van der Waals surface area contributed by atoms with E-state index in [1.54, 1.807) is 17.0 Å². The first kappa shape index (κ1) is 14.3. The molecule has 0 aliphatic heterocycles. The third-order valence-corrected chi connectivity index (χ3v) is 2.53. The standard InChI is InChI=1S/C13H17Cl2NO/c1-10(14)8-16(9-11(2)15)13(17)12-6-4-3-5-7-12/h3-7,10-11H,8-9H2,1-2H3/t10-,11-/m1/s1. The van der Waals surface area contributed by atoms with Crippen LogP contribution in [0.15, 0.2) is 30.3 Å². The Bertz CT molecular complexity index is 342. The van der Waals surface area contributed by atoms with Gasteiger partial charge in [0.05, 0.1) is 0 Å². The Kier molecular flexibility index (Phi) is 5.79. The lowest BCUT2D eigenvalue weighted by molar-refractivity contribution is 0.0758. The third kappa shape index (κ3) is 4.97. The minimum absolute atomic E-state index is 0.0226. The molecule has 0 aromatic heterocycles. The molecule has 2 nitrogen and oxygen atoms in total. The van der Waals surface area contributed by atoms with Gasteiger partial charge in [0.2, 0.25) is 0 Å². The molecule has 0 fully saturated rings. The van der Waals surface area contributed by atoms with E-state index in [0.717, 1.165) is 0 Å². The second kappa shape index (κ2) is 6.87. The predicted octanol–water partition coefficient (Wildman–Crippen LogP) is 3.38. The van der Waals surface area contributed by atoms with Crippen LogP contribution in [0.5, 0.6) is 0 Å². The van der Waals surface area contributed by atoms with Crippen molar-refractivity contribution in [3.05, 3.63) is 35.9 Å². The number of alkyl halides is 2. The highest BCUT2D eigenvalue weighted by atomic mass is 35.5. The fraction of sp³-hybridized carbons (Fsp3) is 0.462. The summed E-state index contributed by atoms with van der Waals surface area (Å²) in [6.45, 7) is 4.75. The van der Waals surface area contributed by atoms with Gasteiger partial charge in [-0.15, -0.1) is 23.2 Å². The molecule has 1 rings (SSSR count). The number of amides is 1. The lowest BCUT2D eigenvalue weighted by Crippen LogP contribution is -2.38. The van der Waals surface area contributed by atoms with Crippen LogP contribution in [0.1, 0.15) is 24.2 Å². The van der Waals surface area contributed by atoms with E-state index in [2.05, 4.69) is 0 Å². The molecule has 17 heavy (non-hydrogen) atoms. The molecule has 0 N–H and O–H groups in total. The monoisotopic (exact) mass is 273 g/mol. The van der Waals surface area contributed by atoms with Gasteiger partial charge in [-0.3, -0.25) is 4.79 Å². The van der Waals surface area contributed by atoms with Gasteiger partial charge < -0.3 is 4.90 Å². The first-order chi connectivity index (χ1) is 8.00. The molecule has 0 radical (unpaired) electrons. The quantitative estimate of drug-likeness (QED) is 0.754. The fourth-order valence-electron chi connectivity index (χ4n) is 1.61. The second-order valence-corrected chi connectivity index (χ2v) is 5.63. The van der Waals surface area contributed by atoms with Crippen molar-refractivity contribution >= 4 is 29.1 Å². The Morgan fingerprint density at radius 2 is 1.59 bits per heavy atom. The van der Waals surface area contributed by atoms with Crippen molar-refractivity contribution in [2.24, 2.45) is 0 Å². The van der Waals surface area contributed by atoms with Gasteiger partial charge in [-0.1, -0.05) is 18.2 Å². The largest absolute Gasteiger partial charge is 0.336 e. The summed E-state index contributed by atoms with van der Waals surface area (Å²) in [5.74, 6) is -0.0226. The molecule has 0 saturated heterocycles. The summed E-state index contributed by atoms with van der Waals surface area (Å²) >= 11 is 11.9. The molecule has 1 amide bonds. The maximum absolute atomic E-state index is 12.2. The Balaban J connectivity index is 2.79. The first-order valence-electron chi connectivity index (χ1n) is 5.63.